The fourth-order valence-electron chi connectivity index (χ4n) is 3.98. The molecule has 148 valence electrons. The van der Waals surface area contributed by atoms with Gasteiger partial charge in [-0.3, -0.25) is 9.59 Å². The number of likely N-dealkylation sites (tertiary alicyclic amines) is 2. The quantitative estimate of drug-likeness (QED) is 0.794. The van der Waals surface area contributed by atoms with Gasteiger partial charge < -0.3 is 14.5 Å². The predicted octanol–water partition coefficient (Wildman–Crippen LogP) is 3.59. The second kappa shape index (κ2) is 9.25. The average Bonchev–Trinajstić information content (AvgIpc) is 2.72. The van der Waals surface area contributed by atoms with Gasteiger partial charge in [0.2, 0.25) is 5.91 Å². The van der Waals surface area contributed by atoms with Crippen molar-refractivity contribution in [1.29, 1.82) is 0 Å². The molecule has 2 fully saturated rings. The highest BCUT2D eigenvalue weighted by atomic mass is 16.5. The lowest BCUT2D eigenvalue weighted by Gasteiger charge is -2.33. The predicted molar refractivity (Wildman–Crippen MR) is 106 cm³/mol. The number of carbonyl (C=O) groups is 2. The van der Waals surface area contributed by atoms with Crippen LogP contribution in [0.5, 0.6) is 5.75 Å². The number of rotatable bonds is 5. The Morgan fingerprint density at radius 1 is 1.07 bits per heavy atom. The summed E-state index contributed by atoms with van der Waals surface area (Å²) in [6, 6.07) is 7.53. The SMILES string of the molecule is CC(C)C(=O)N1CCC[C@H](COc2cccc(C(=O)N3CCCCC3)c2)C1. The lowest BCUT2D eigenvalue weighted by atomic mass is 9.98. The van der Waals surface area contributed by atoms with Crippen molar-refractivity contribution in [2.75, 3.05) is 32.8 Å². The third-order valence-corrected chi connectivity index (χ3v) is 5.53. The first-order valence-corrected chi connectivity index (χ1v) is 10.4. The van der Waals surface area contributed by atoms with Crippen LogP contribution in [0.25, 0.3) is 0 Å². The molecule has 0 bridgehead atoms. The van der Waals surface area contributed by atoms with E-state index in [1.165, 1.54) is 6.42 Å². The molecule has 0 N–H and O–H groups in total. The molecule has 0 saturated carbocycles. The Kier molecular flexibility index (Phi) is 6.75. The van der Waals surface area contributed by atoms with Gasteiger partial charge in [-0.05, 0) is 50.3 Å². The largest absolute Gasteiger partial charge is 0.493 e. The van der Waals surface area contributed by atoms with Gasteiger partial charge in [0.25, 0.3) is 5.91 Å². The van der Waals surface area contributed by atoms with Crippen LogP contribution in [0.2, 0.25) is 0 Å². The van der Waals surface area contributed by atoms with Crippen LogP contribution in [0, 0.1) is 11.8 Å². The van der Waals surface area contributed by atoms with Crippen LogP contribution in [0.4, 0.5) is 0 Å². The van der Waals surface area contributed by atoms with Gasteiger partial charge in [-0.25, -0.2) is 0 Å². The number of carbonyl (C=O) groups excluding carboxylic acids is 2. The van der Waals surface area contributed by atoms with Crippen LogP contribution in [-0.4, -0.2) is 54.4 Å². The maximum atomic E-state index is 12.7. The first kappa shape index (κ1) is 19.7. The number of nitrogens with zero attached hydrogens (tertiary/aromatic N) is 2. The molecule has 3 rings (SSSR count). The van der Waals surface area contributed by atoms with E-state index in [1.807, 2.05) is 47.9 Å². The Bertz CT molecular complexity index is 653. The topological polar surface area (TPSA) is 49.9 Å². The number of piperidine rings is 2. The van der Waals surface area contributed by atoms with Crippen LogP contribution in [0.15, 0.2) is 24.3 Å². The highest BCUT2D eigenvalue weighted by molar-refractivity contribution is 5.94. The third-order valence-electron chi connectivity index (χ3n) is 5.53. The summed E-state index contributed by atoms with van der Waals surface area (Å²) in [5, 5.41) is 0. The molecule has 1 aromatic carbocycles. The summed E-state index contributed by atoms with van der Waals surface area (Å²) in [6.45, 7) is 7.82. The maximum Gasteiger partial charge on any atom is 0.253 e. The molecule has 1 atom stereocenters. The molecule has 5 nitrogen and oxygen atoms in total. The number of benzene rings is 1. The lowest BCUT2D eigenvalue weighted by Crippen LogP contribution is -2.43. The molecule has 0 unspecified atom stereocenters. The fraction of sp³-hybridized carbons (Fsp3) is 0.636. The molecule has 2 amide bonds. The number of hydrogen-bond acceptors (Lipinski definition) is 3. The first-order chi connectivity index (χ1) is 13.0. The van der Waals surface area contributed by atoms with Gasteiger partial charge in [-0.1, -0.05) is 19.9 Å². The minimum Gasteiger partial charge on any atom is -0.493 e. The van der Waals surface area contributed by atoms with Crippen molar-refractivity contribution in [2.24, 2.45) is 11.8 Å². The van der Waals surface area contributed by atoms with Crippen molar-refractivity contribution in [3.63, 3.8) is 0 Å². The van der Waals surface area contributed by atoms with Gasteiger partial charge in [0.15, 0.2) is 0 Å². The van der Waals surface area contributed by atoms with Crippen molar-refractivity contribution in [3.05, 3.63) is 29.8 Å². The minimum absolute atomic E-state index is 0.0437. The highest BCUT2D eigenvalue weighted by Crippen LogP contribution is 2.22. The molecule has 0 radical (unpaired) electrons. The molecular weight excluding hydrogens is 340 g/mol. The average molecular weight is 373 g/mol. The van der Waals surface area contributed by atoms with Crippen LogP contribution in [0.3, 0.4) is 0 Å². The van der Waals surface area contributed by atoms with Gasteiger partial charge in [0, 0.05) is 43.6 Å². The fourth-order valence-corrected chi connectivity index (χ4v) is 3.98. The standard InChI is InChI=1S/C22H32N2O3/c1-17(2)21(25)24-13-7-8-18(15-24)16-27-20-10-6-9-19(14-20)22(26)23-11-4-3-5-12-23/h6,9-10,14,17-18H,3-5,7-8,11-13,15-16H2,1-2H3/t18-/m0/s1. The summed E-state index contributed by atoms with van der Waals surface area (Å²) >= 11 is 0. The van der Waals surface area contributed by atoms with Gasteiger partial charge in [0.05, 0.1) is 6.61 Å². The zero-order valence-electron chi connectivity index (χ0n) is 16.7. The van der Waals surface area contributed by atoms with Crippen molar-refractivity contribution in [2.45, 2.75) is 46.0 Å². The summed E-state index contributed by atoms with van der Waals surface area (Å²) in [5.74, 6) is 1.47. The van der Waals surface area contributed by atoms with E-state index in [9.17, 15) is 9.59 Å². The minimum atomic E-state index is 0.0437. The van der Waals surface area contributed by atoms with Gasteiger partial charge in [-0.15, -0.1) is 0 Å². The molecule has 2 aliphatic rings. The van der Waals surface area contributed by atoms with E-state index in [0.717, 1.165) is 57.6 Å². The molecule has 2 saturated heterocycles. The molecule has 0 aliphatic carbocycles. The molecule has 5 heteroatoms. The molecule has 0 spiro atoms. The van der Waals surface area contributed by atoms with Crippen LogP contribution < -0.4 is 4.74 Å². The van der Waals surface area contributed by atoms with Crippen molar-refractivity contribution >= 4 is 11.8 Å². The van der Waals surface area contributed by atoms with E-state index in [1.54, 1.807) is 0 Å². The van der Waals surface area contributed by atoms with E-state index in [4.69, 9.17) is 4.74 Å². The zero-order chi connectivity index (χ0) is 19.2. The van der Waals surface area contributed by atoms with Crippen molar-refractivity contribution in [3.8, 4) is 5.75 Å². The van der Waals surface area contributed by atoms with Crippen molar-refractivity contribution in [1.82, 2.24) is 9.80 Å². The number of amides is 2. The monoisotopic (exact) mass is 372 g/mol. The van der Waals surface area contributed by atoms with E-state index >= 15 is 0 Å². The molecule has 27 heavy (non-hydrogen) atoms. The molecule has 2 aliphatic heterocycles. The zero-order valence-corrected chi connectivity index (χ0v) is 16.7. The lowest BCUT2D eigenvalue weighted by molar-refractivity contribution is -0.136. The van der Waals surface area contributed by atoms with E-state index in [0.29, 0.717) is 18.1 Å². The van der Waals surface area contributed by atoms with Crippen molar-refractivity contribution < 1.29 is 14.3 Å². The maximum absolute atomic E-state index is 12.7. The normalized spacial score (nSPS) is 20.6. The van der Waals surface area contributed by atoms with Crippen LogP contribution >= 0.6 is 0 Å². The second-order valence-electron chi connectivity index (χ2n) is 8.14. The Labute approximate surface area is 162 Å². The number of hydrogen-bond donors (Lipinski definition) is 0. The second-order valence-corrected chi connectivity index (χ2v) is 8.14. The number of ether oxygens (including phenoxy) is 1. The van der Waals surface area contributed by atoms with Gasteiger partial charge in [0.1, 0.15) is 5.75 Å². The molecule has 1 aromatic rings. The van der Waals surface area contributed by atoms with Crippen LogP contribution in [0.1, 0.15) is 56.3 Å². The van der Waals surface area contributed by atoms with E-state index in [2.05, 4.69) is 0 Å². The smallest absolute Gasteiger partial charge is 0.253 e. The van der Waals surface area contributed by atoms with E-state index < -0.39 is 0 Å². The Morgan fingerprint density at radius 2 is 1.81 bits per heavy atom. The summed E-state index contributed by atoms with van der Waals surface area (Å²) in [6.07, 6.45) is 5.50. The first-order valence-electron chi connectivity index (χ1n) is 10.4. The Balaban J connectivity index is 1.55. The molecule has 0 aromatic heterocycles. The summed E-state index contributed by atoms with van der Waals surface area (Å²) in [4.78, 5) is 28.8. The summed E-state index contributed by atoms with van der Waals surface area (Å²) in [5.41, 5.74) is 0.703. The van der Waals surface area contributed by atoms with Gasteiger partial charge in [-0.2, -0.15) is 0 Å². The summed E-state index contributed by atoms with van der Waals surface area (Å²) in [7, 11) is 0. The molecular formula is C22H32N2O3. The molecule has 2 heterocycles. The Morgan fingerprint density at radius 3 is 2.56 bits per heavy atom. The van der Waals surface area contributed by atoms with E-state index in [-0.39, 0.29) is 17.7 Å². The van der Waals surface area contributed by atoms with Crippen LogP contribution in [-0.2, 0) is 4.79 Å². The van der Waals surface area contributed by atoms with Gasteiger partial charge >= 0.3 is 0 Å². The Hall–Kier alpha value is -2.04. The summed E-state index contributed by atoms with van der Waals surface area (Å²) < 4.78 is 6.00. The third kappa shape index (κ3) is 5.24. The highest BCUT2D eigenvalue weighted by Gasteiger charge is 2.25.